The van der Waals surface area contributed by atoms with Crippen LogP contribution >= 0.6 is 23.5 Å². The topological polar surface area (TPSA) is 61.2 Å². The van der Waals surface area contributed by atoms with E-state index in [0.717, 1.165) is 23.4 Å². The van der Waals surface area contributed by atoms with Gasteiger partial charge in [-0.3, -0.25) is 14.2 Å². The van der Waals surface area contributed by atoms with Gasteiger partial charge in [-0.15, -0.1) is 11.8 Å². The second kappa shape index (κ2) is 7.66. The fourth-order valence-electron chi connectivity index (χ4n) is 2.64. The normalized spacial score (nSPS) is 15.9. The van der Waals surface area contributed by atoms with Crippen molar-refractivity contribution in [1.29, 1.82) is 0 Å². The molecule has 25 heavy (non-hydrogen) atoms. The molecule has 0 fully saturated rings. The molecule has 2 aromatic rings. The maximum atomic E-state index is 13.1. The van der Waals surface area contributed by atoms with Gasteiger partial charge in [0.15, 0.2) is 5.16 Å². The zero-order valence-corrected chi connectivity index (χ0v) is 16.1. The monoisotopic (exact) mass is 376 g/mol. The first-order valence-corrected chi connectivity index (χ1v) is 10.0. The van der Waals surface area contributed by atoms with Gasteiger partial charge in [0.05, 0.1) is 28.6 Å². The van der Waals surface area contributed by atoms with E-state index in [1.165, 1.54) is 11.8 Å². The minimum atomic E-state index is -0.305. The van der Waals surface area contributed by atoms with E-state index in [1.807, 2.05) is 31.2 Å². The lowest BCUT2D eigenvalue weighted by Gasteiger charge is -2.13. The molecule has 2 heterocycles. The minimum absolute atomic E-state index is 0.0606. The van der Waals surface area contributed by atoms with Crippen molar-refractivity contribution < 1.29 is 9.53 Å². The number of fused-ring (bicyclic) bond motifs is 1. The lowest BCUT2D eigenvalue weighted by Crippen LogP contribution is -2.24. The number of aryl methyl sites for hydroxylation is 1. The van der Waals surface area contributed by atoms with E-state index in [9.17, 15) is 9.59 Å². The molecule has 1 unspecified atom stereocenters. The Morgan fingerprint density at radius 2 is 2.12 bits per heavy atom. The van der Waals surface area contributed by atoms with Crippen molar-refractivity contribution in [2.24, 2.45) is 0 Å². The molecule has 0 amide bonds. The van der Waals surface area contributed by atoms with Crippen LogP contribution in [-0.2, 0) is 16.0 Å². The molecule has 3 rings (SSSR count). The van der Waals surface area contributed by atoms with E-state index in [2.05, 4.69) is 6.92 Å². The average molecular weight is 377 g/mol. The number of benzene rings is 1. The maximum absolute atomic E-state index is 13.1. The smallest absolute Gasteiger partial charge is 0.316 e. The molecule has 7 heteroatoms. The number of esters is 1. The summed E-state index contributed by atoms with van der Waals surface area (Å²) in [5.74, 6) is -0.173. The second-order valence-electron chi connectivity index (χ2n) is 5.87. The highest BCUT2D eigenvalue weighted by atomic mass is 32.2. The molecule has 1 atom stereocenters. The molecule has 1 aromatic heterocycles. The predicted octanol–water partition coefficient (Wildman–Crippen LogP) is 3.23. The van der Waals surface area contributed by atoms with Crippen LogP contribution in [0.15, 0.2) is 39.1 Å². The quantitative estimate of drug-likeness (QED) is 0.454. The van der Waals surface area contributed by atoms with Crippen LogP contribution in [0.3, 0.4) is 0 Å². The number of rotatable bonds is 5. The van der Waals surface area contributed by atoms with Gasteiger partial charge in [0.2, 0.25) is 0 Å². The summed E-state index contributed by atoms with van der Waals surface area (Å²) in [6.45, 7) is 6.21. The van der Waals surface area contributed by atoms with Crippen LogP contribution < -0.4 is 5.56 Å². The van der Waals surface area contributed by atoms with Gasteiger partial charge >= 0.3 is 5.97 Å². The number of thioether (sulfide) groups is 2. The van der Waals surface area contributed by atoms with Crippen molar-refractivity contribution >= 4 is 29.5 Å². The molecule has 5 nitrogen and oxygen atoms in total. The molecule has 0 bridgehead atoms. The van der Waals surface area contributed by atoms with Gasteiger partial charge in [-0.05, 0) is 26.0 Å². The summed E-state index contributed by atoms with van der Waals surface area (Å²) >= 11 is 2.82. The number of carbonyl (C=O) groups is 1. The Balaban J connectivity index is 2.04. The highest BCUT2D eigenvalue weighted by Gasteiger charge is 2.27. The number of nitrogens with zero attached hydrogens (tertiary/aromatic N) is 2. The number of aromatic nitrogens is 2. The van der Waals surface area contributed by atoms with Crippen molar-refractivity contribution in [3.63, 3.8) is 0 Å². The van der Waals surface area contributed by atoms with E-state index < -0.39 is 0 Å². The molecule has 0 saturated heterocycles. The van der Waals surface area contributed by atoms with Gasteiger partial charge in [-0.25, -0.2) is 4.98 Å². The van der Waals surface area contributed by atoms with Crippen molar-refractivity contribution in [2.45, 2.75) is 42.5 Å². The fourth-order valence-corrected chi connectivity index (χ4v) is 4.57. The molecule has 1 aromatic carbocycles. The Labute approximate surface area is 155 Å². The molecule has 1 aliphatic heterocycles. The Morgan fingerprint density at radius 1 is 1.40 bits per heavy atom. The summed E-state index contributed by atoms with van der Waals surface area (Å²) in [6.07, 6.45) is 0.775. The molecule has 132 valence electrons. The van der Waals surface area contributed by atoms with Gasteiger partial charge in [0, 0.05) is 11.7 Å². The van der Waals surface area contributed by atoms with Crippen LogP contribution in [0.2, 0.25) is 0 Å². The summed E-state index contributed by atoms with van der Waals surface area (Å²) in [5.41, 5.74) is 2.65. The summed E-state index contributed by atoms with van der Waals surface area (Å²) in [4.78, 5) is 30.2. The van der Waals surface area contributed by atoms with Crippen molar-refractivity contribution in [3.8, 4) is 5.69 Å². The first kappa shape index (κ1) is 18.1. The van der Waals surface area contributed by atoms with E-state index in [4.69, 9.17) is 9.72 Å². The van der Waals surface area contributed by atoms with E-state index in [0.29, 0.717) is 21.9 Å². The third-order valence-electron chi connectivity index (χ3n) is 3.80. The Morgan fingerprint density at radius 3 is 2.80 bits per heavy atom. The molecule has 0 radical (unpaired) electrons. The predicted molar refractivity (Wildman–Crippen MR) is 101 cm³/mol. The lowest BCUT2D eigenvalue weighted by molar-refractivity contribution is -0.139. The van der Waals surface area contributed by atoms with Crippen molar-refractivity contribution in [3.05, 3.63) is 45.9 Å². The number of ether oxygens (including phenoxy) is 1. The SMILES string of the molecule is CCOC(=O)CSc1nc2c(c(=O)n1-c1ccc(C)cc1)SC(C)C2. The summed E-state index contributed by atoms with van der Waals surface area (Å²) in [7, 11) is 0. The summed E-state index contributed by atoms with van der Waals surface area (Å²) in [6, 6.07) is 7.74. The number of carbonyl (C=O) groups excluding carboxylic acids is 1. The van der Waals surface area contributed by atoms with Crippen LogP contribution in [0, 0.1) is 6.92 Å². The fraction of sp³-hybridized carbons (Fsp3) is 0.389. The van der Waals surface area contributed by atoms with Gasteiger partial charge in [0.1, 0.15) is 0 Å². The van der Waals surface area contributed by atoms with Gasteiger partial charge < -0.3 is 4.74 Å². The van der Waals surface area contributed by atoms with Gasteiger partial charge in [-0.2, -0.15) is 0 Å². The minimum Gasteiger partial charge on any atom is -0.465 e. The molecule has 0 N–H and O–H groups in total. The third kappa shape index (κ3) is 3.93. The molecular weight excluding hydrogens is 356 g/mol. The maximum Gasteiger partial charge on any atom is 0.316 e. The lowest BCUT2D eigenvalue weighted by atomic mass is 10.2. The molecule has 0 saturated carbocycles. The number of hydrogen-bond donors (Lipinski definition) is 0. The highest BCUT2D eigenvalue weighted by molar-refractivity contribution is 8.00. The molecular formula is C18H20N2O3S2. The van der Waals surface area contributed by atoms with Crippen LogP contribution in [-0.4, -0.2) is 33.1 Å². The Bertz CT molecular complexity index is 847. The van der Waals surface area contributed by atoms with Gasteiger partial charge in [-0.1, -0.05) is 36.4 Å². The second-order valence-corrected chi connectivity index (χ2v) is 8.26. The van der Waals surface area contributed by atoms with Crippen LogP contribution in [0.4, 0.5) is 0 Å². The molecule has 0 aliphatic carbocycles. The van der Waals surface area contributed by atoms with E-state index in [-0.39, 0.29) is 17.3 Å². The van der Waals surface area contributed by atoms with Crippen LogP contribution in [0.1, 0.15) is 25.1 Å². The standard InChI is InChI=1S/C18H20N2O3S2/c1-4-23-15(21)10-24-18-19-14-9-12(3)25-16(14)17(22)20(18)13-7-5-11(2)6-8-13/h5-8,12H,4,9-10H2,1-3H3. The van der Waals surface area contributed by atoms with Crippen molar-refractivity contribution in [2.75, 3.05) is 12.4 Å². The van der Waals surface area contributed by atoms with Crippen LogP contribution in [0.25, 0.3) is 5.69 Å². The summed E-state index contributed by atoms with van der Waals surface area (Å²) < 4.78 is 6.59. The zero-order valence-electron chi connectivity index (χ0n) is 14.4. The first-order chi connectivity index (χ1) is 12.0. The Kier molecular flexibility index (Phi) is 5.54. The first-order valence-electron chi connectivity index (χ1n) is 8.17. The zero-order chi connectivity index (χ0) is 18.0. The number of hydrogen-bond acceptors (Lipinski definition) is 6. The third-order valence-corrected chi connectivity index (χ3v) is 5.92. The van der Waals surface area contributed by atoms with Crippen LogP contribution in [0.5, 0.6) is 0 Å². The van der Waals surface area contributed by atoms with E-state index in [1.54, 1.807) is 23.3 Å². The molecule has 0 spiro atoms. The van der Waals surface area contributed by atoms with Gasteiger partial charge in [0.25, 0.3) is 5.56 Å². The molecule has 1 aliphatic rings. The largest absolute Gasteiger partial charge is 0.465 e. The van der Waals surface area contributed by atoms with E-state index >= 15 is 0 Å². The van der Waals surface area contributed by atoms with Crippen molar-refractivity contribution in [1.82, 2.24) is 9.55 Å². The summed E-state index contributed by atoms with van der Waals surface area (Å²) in [5, 5.41) is 0.877. The Hall–Kier alpha value is -1.73. The highest BCUT2D eigenvalue weighted by Crippen LogP contribution is 2.34. The average Bonchev–Trinajstić information content (AvgIpc) is 2.95.